The average molecular weight is 356 g/mol. The summed E-state index contributed by atoms with van der Waals surface area (Å²) in [5.41, 5.74) is 6.43. The third-order valence-corrected chi connectivity index (χ3v) is 3.37. The van der Waals surface area contributed by atoms with Crippen molar-refractivity contribution in [3.05, 3.63) is 28.1 Å². The molecule has 1 saturated carbocycles. The lowest BCUT2D eigenvalue weighted by molar-refractivity contribution is 0.290. The van der Waals surface area contributed by atoms with E-state index in [4.69, 9.17) is 10.5 Å². The zero-order chi connectivity index (χ0) is 12.5. The first-order valence-electron chi connectivity index (χ1n) is 5.82. The van der Waals surface area contributed by atoms with Crippen LogP contribution in [-0.2, 0) is 0 Å². The fraction of sp³-hybridized carbons (Fsp3) is 0.333. The standard InChI is InChI=1S/C12H13IN4O/c13-9-5-15-17(6-9)11-4-3-10(14)12(16-11)18-7-8-1-2-8/h3-6,8H,1-2,7,14H2. The van der Waals surface area contributed by atoms with Crippen LogP contribution < -0.4 is 10.5 Å². The van der Waals surface area contributed by atoms with Crippen LogP contribution in [0.3, 0.4) is 0 Å². The highest BCUT2D eigenvalue weighted by Gasteiger charge is 2.22. The molecule has 18 heavy (non-hydrogen) atoms. The van der Waals surface area contributed by atoms with Crippen molar-refractivity contribution in [1.29, 1.82) is 0 Å². The maximum atomic E-state index is 5.86. The van der Waals surface area contributed by atoms with Crippen molar-refractivity contribution in [2.45, 2.75) is 12.8 Å². The number of rotatable bonds is 4. The molecule has 0 bridgehead atoms. The highest BCUT2D eigenvalue weighted by Crippen LogP contribution is 2.30. The summed E-state index contributed by atoms with van der Waals surface area (Å²) in [6.45, 7) is 0.706. The number of aromatic nitrogens is 3. The number of nitrogens with zero attached hydrogens (tertiary/aromatic N) is 3. The summed E-state index contributed by atoms with van der Waals surface area (Å²) in [5, 5.41) is 4.21. The average Bonchev–Trinajstić information content (AvgIpc) is 3.09. The summed E-state index contributed by atoms with van der Waals surface area (Å²) in [4.78, 5) is 4.41. The van der Waals surface area contributed by atoms with E-state index < -0.39 is 0 Å². The molecule has 1 fully saturated rings. The van der Waals surface area contributed by atoms with Crippen LogP contribution in [0.1, 0.15) is 12.8 Å². The van der Waals surface area contributed by atoms with Gasteiger partial charge in [-0.25, -0.2) is 4.68 Å². The van der Waals surface area contributed by atoms with Crippen LogP contribution in [0.15, 0.2) is 24.5 Å². The Morgan fingerprint density at radius 2 is 2.28 bits per heavy atom. The highest BCUT2D eigenvalue weighted by atomic mass is 127. The van der Waals surface area contributed by atoms with Gasteiger partial charge in [0.25, 0.3) is 0 Å². The largest absolute Gasteiger partial charge is 0.476 e. The van der Waals surface area contributed by atoms with Gasteiger partial charge in [0.05, 0.1) is 22.1 Å². The number of anilines is 1. The second-order valence-corrected chi connectivity index (χ2v) is 5.67. The first kappa shape index (κ1) is 11.8. The predicted octanol–water partition coefficient (Wildman–Crippen LogP) is 2.24. The predicted molar refractivity (Wildman–Crippen MR) is 76.7 cm³/mol. The second-order valence-electron chi connectivity index (χ2n) is 4.42. The Labute approximate surface area is 118 Å². The molecule has 2 aromatic heterocycles. The Kier molecular flexibility index (Phi) is 3.11. The van der Waals surface area contributed by atoms with E-state index in [2.05, 4.69) is 32.7 Å². The summed E-state index contributed by atoms with van der Waals surface area (Å²) in [6.07, 6.45) is 6.18. The molecule has 0 spiro atoms. The van der Waals surface area contributed by atoms with Crippen molar-refractivity contribution < 1.29 is 4.74 Å². The molecule has 0 unspecified atom stereocenters. The van der Waals surface area contributed by atoms with Gasteiger partial charge >= 0.3 is 0 Å². The van der Waals surface area contributed by atoms with Crippen molar-refractivity contribution in [3.63, 3.8) is 0 Å². The summed E-state index contributed by atoms with van der Waals surface area (Å²) in [6, 6.07) is 3.64. The van der Waals surface area contributed by atoms with Gasteiger partial charge in [0, 0.05) is 6.20 Å². The smallest absolute Gasteiger partial charge is 0.239 e. The van der Waals surface area contributed by atoms with E-state index >= 15 is 0 Å². The molecule has 2 aromatic rings. The van der Waals surface area contributed by atoms with Crippen LogP contribution in [0.4, 0.5) is 5.69 Å². The SMILES string of the molecule is Nc1ccc(-n2cc(I)cn2)nc1OCC1CC1. The number of nitrogens with two attached hydrogens (primary N) is 1. The van der Waals surface area contributed by atoms with E-state index in [1.807, 2.05) is 12.3 Å². The minimum atomic E-state index is 0.505. The molecule has 0 atom stereocenters. The maximum absolute atomic E-state index is 5.86. The van der Waals surface area contributed by atoms with Crippen LogP contribution in [0, 0.1) is 9.49 Å². The lowest BCUT2D eigenvalue weighted by atomic mass is 10.4. The summed E-state index contributed by atoms with van der Waals surface area (Å²) in [7, 11) is 0. The number of pyridine rings is 1. The summed E-state index contributed by atoms with van der Waals surface area (Å²) in [5.74, 6) is 1.91. The van der Waals surface area contributed by atoms with Gasteiger partial charge in [0.2, 0.25) is 5.88 Å². The molecule has 5 nitrogen and oxygen atoms in total. The Morgan fingerprint density at radius 3 is 2.94 bits per heavy atom. The molecule has 0 radical (unpaired) electrons. The lowest BCUT2D eigenvalue weighted by Crippen LogP contribution is -2.06. The fourth-order valence-electron chi connectivity index (χ4n) is 1.59. The van der Waals surface area contributed by atoms with Crippen LogP contribution in [-0.4, -0.2) is 21.4 Å². The van der Waals surface area contributed by atoms with E-state index in [1.54, 1.807) is 16.9 Å². The summed E-state index contributed by atoms with van der Waals surface area (Å²) < 4.78 is 8.43. The molecule has 94 valence electrons. The molecule has 6 heteroatoms. The first-order chi connectivity index (χ1) is 8.72. The Hall–Kier alpha value is -1.31. The van der Waals surface area contributed by atoms with E-state index in [1.165, 1.54) is 12.8 Å². The van der Waals surface area contributed by atoms with E-state index in [0.29, 0.717) is 24.1 Å². The highest BCUT2D eigenvalue weighted by molar-refractivity contribution is 14.1. The molecule has 1 aliphatic rings. The number of nitrogen functional groups attached to an aromatic ring is 1. The van der Waals surface area contributed by atoms with Crippen LogP contribution in [0.5, 0.6) is 5.88 Å². The first-order valence-corrected chi connectivity index (χ1v) is 6.90. The van der Waals surface area contributed by atoms with Crippen molar-refractivity contribution in [1.82, 2.24) is 14.8 Å². The number of hydrogen-bond donors (Lipinski definition) is 1. The van der Waals surface area contributed by atoms with Gasteiger partial charge in [-0.1, -0.05) is 0 Å². The third-order valence-electron chi connectivity index (χ3n) is 2.81. The molecule has 1 aliphatic carbocycles. The van der Waals surface area contributed by atoms with Gasteiger partial charge < -0.3 is 10.5 Å². The van der Waals surface area contributed by atoms with Gasteiger partial charge in [-0.15, -0.1) is 0 Å². The minimum absolute atomic E-state index is 0.505. The Bertz CT molecular complexity index is 565. The number of ether oxygens (including phenoxy) is 1. The Morgan fingerprint density at radius 1 is 1.44 bits per heavy atom. The minimum Gasteiger partial charge on any atom is -0.476 e. The molecule has 0 saturated heterocycles. The molecule has 3 rings (SSSR count). The van der Waals surface area contributed by atoms with Gasteiger partial charge in [0.15, 0.2) is 5.82 Å². The van der Waals surface area contributed by atoms with Gasteiger partial charge in [-0.3, -0.25) is 0 Å². The molecular weight excluding hydrogens is 343 g/mol. The molecule has 0 aromatic carbocycles. The van der Waals surface area contributed by atoms with Crippen LogP contribution >= 0.6 is 22.6 Å². The third kappa shape index (κ3) is 2.58. The van der Waals surface area contributed by atoms with Crippen LogP contribution in [0.2, 0.25) is 0 Å². The quantitative estimate of drug-likeness (QED) is 0.854. The second kappa shape index (κ2) is 4.75. The Balaban J connectivity index is 1.84. The molecule has 0 aliphatic heterocycles. The van der Waals surface area contributed by atoms with Crippen molar-refractivity contribution in [2.24, 2.45) is 5.92 Å². The topological polar surface area (TPSA) is 66.0 Å². The van der Waals surface area contributed by atoms with E-state index in [0.717, 1.165) is 9.39 Å². The van der Waals surface area contributed by atoms with Crippen molar-refractivity contribution >= 4 is 28.3 Å². The molecule has 2 heterocycles. The summed E-state index contributed by atoms with van der Waals surface area (Å²) >= 11 is 2.21. The number of halogens is 1. The van der Waals surface area contributed by atoms with Crippen molar-refractivity contribution in [3.8, 4) is 11.7 Å². The monoisotopic (exact) mass is 356 g/mol. The van der Waals surface area contributed by atoms with Crippen molar-refractivity contribution in [2.75, 3.05) is 12.3 Å². The van der Waals surface area contributed by atoms with Gasteiger partial charge in [0.1, 0.15) is 0 Å². The lowest BCUT2D eigenvalue weighted by Gasteiger charge is -2.09. The zero-order valence-electron chi connectivity index (χ0n) is 9.71. The van der Waals surface area contributed by atoms with Gasteiger partial charge in [-0.05, 0) is 53.5 Å². The zero-order valence-corrected chi connectivity index (χ0v) is 11.9. The molecule has 2 N–H and O–H groups in total. The van der Waals surface area contributed by atoms with E-state index in [-0.39, 0.29) is 0 Å². The van der Waals surface area contributed by atoms with Gasteiger partial charge in [-0.2, -0.15) is 10.1 Å². The number of hydrogen-bond acceptors (Lipinski definition) is 4. The maximum Gasteiger partial charge on any atom is 0.239 e. The molecule has 0 amide bonds. The van der Waals surface area contributed by atoms with Crippen LogP contribution in [0.25, 0.3) is 5.82 Å². The molecular formula is C12H13IN4O. The fourth-order valence-corrected chi connectivity index (χ4v) is 1.98. The normalized spacial score (nSPS) is 14.7. The van der Waals surface area contributed by atoms with E-state index in [9.17, 15) is 0 Å².